The van der Waals surface area contributed by atoms with Gasteiger partial charge in [0.1, 0.15) is 11.6 Å². The highest BCUT2D eigenvalue weighted by atomic mass is 32.2. The zero-order valence-corrected chi connectivity index (χ0v) is 16.6. The molecule has 150 valence electrons. The summed E-state index contributed by atoms with van der Waals surface area (Å²) in [6.45, 7) is 1.53. The van der Waals surface area contributed by atoms with Gasteiger partial charge >= 0.3 is 0 Å². The molecule has 29 heavy (non-hydrogen) atoms. The largest absolute Gasteiger partial charge is 0.497 e. The summed E-state index contributed by atoms with van der Waals surface area (Å²) < 4.78 is 44.3. The maximum atomic E-state index is 14.6. The smallest absolute Gasteiger partial charge is 0.269 e. The summed E-state index contributed by atoms with van der Waals surface area (Å²) >= 11 is 0. The monoisotopic (exact) mass is 414 g/mol. The van der Waals surface area contributed by atoms with Crippen molar-refractivity contribution in [2.24, 2.45) is 0 Å². The van der Waals surface area contributed by atoms with Crippen LogP contribution < -0.4 is 15.0 Å². The zero-order valence-electron chi connectivity index (χ0n) is 15.8. The first-order chi connectivity index (χ1) is 13.8. The molecule has 0 heterocycles. The second-order valence-electron chi connectivity index (χ2n) is 6.26. The first-order valence-electron chi connectivity index (χ1n) is 8.63. The molecule has 3 rings (SSSR count). The molecule has 3 aromatic carbocycles. The van der Waals surface area contributed by atoms with Crippen LogP contribution in [0.15, 0.2) is 71.6 Å². The lowest BCUT2D eigenvalue weighted by Crippen LogP contribution is -2.41. The minimum absolute atomic E-state index is 0.0258. The standard InChI is InChI=1S/C21H19FN2O4S/c1-14-11-16(15-7-6-8-17(12-15)28-2)13-19(20(14)22)21(25)23-24-29(26,27)18-9-4-3-5-10-18/h3-13,24H,1-2H3,(H,23,25). The number of benzene rings is 3. The predicted molar refractivity (Wildman–Crippen MR) is 107 cm³/mol. The van der Waals surface area contributed by atoms with E-state index in [1.807, 2.05) is 4.83 Å². The van der Waals surface area contributed by atoms with Gasteiger partial charge in [-0.25, -0.2) is 12.8 Å². The fraction of sp³-hybridized carbons (Fsp3) is 0.0952. The molecule has 1 amide bonds. The summed E-state index contributed by atoms with van der Waals surface area (Å²) in [5.41, 5.74) is 3.36. The van der Waals surface area contributed by atoms with E-state index in [2.05, 4.69) is 5.43 Å². The van der Waals surface area contributed by atoms with Gasteiger partial charge in [0.25, 0.3) is 15.9 Å². The second-order valence-corrected chi connectivity index (χ2v) is 7.94. The minimum Gasteiger partial charge on any atom is -0.497 e. The van der Waals surface area contributed by atoms with Crippen LogP contribution in [-0.4, -0.2) is 21.4 Å². The fourth-order valence-electron chi connectivity index (χ4n) is 2.74. The molecule has 0 bridgehead atoms. The van der Waals surface area contributed by atoms with Crippen molar-refractivity contribution in [2.45, 2.75) is 11.8 Å². The van der Waals surface area contributed by atoms with Crippen molar-refractivity contribution >= 4 is 15.9 Å². The van der Waals surface area contributed by atoms with Gasteiger partial charge in [-0.2, -0.15) is 0 Å². The van der Waals surface area contributed by atoms with E-state index in [4.69, 9.17) is 4.74 Å². The molecular weight excluding hydrogens is 395 g/mol. The Labute approximate surface area is 168 Å². The van der Waals surface area contributed by atoms with Gasteiger partial charge < -0.3 is 4.74 Å². The van der Waals surface area contributed by atoms with Gasteiger partial charge in [-0.3, -0.25) is 10.2 Å². The molecule has 2 N–H and O–H groups in total. The second kappa shape index (κ2) is 8.42. The number of ether oxygens (including phenoxy) is 1. The Morgan fingerprint density at radius 2 is 1.69 bits per heavy atom. The number of carbonyl (C=O) groups is 1. The topological polar surface area (TPSA) is 84.5 Å². The van der Waals surface area contributed by atoms with E-state index in [0.717, 1.165) is 5.56 Å². The number of hydrogen-bond acceptors (Lipinski definition) is 4. The highest BCUT2D eigenvalue weighted by Gasteiger charge is 2.19. The normalized spacial score (nSPS) is 11.1. The van der Waals surface area contributed by atoms with Crippen LogP contribution >= 0.6 is 0 Å². The number of rotatable bonds is 6. The number of nitrogens with one attached hydrogen (secondary N) is 2. The molecule has 0 aromatic heterocycles. The van der Waals surface area contributed by atoms with Crippen LogP contribution in [0.2, 0.25) is 0 Å². The molecular formula is C21H19FN2O4S. The SMILES string of the molecule is COc1cccc(-c2cc(C)c(F)c(C(=O)NNS(=O)(=O)c3ccccc3)c2)c1. The average Bonchev–Trinajstić information content (AvgIpc) is 2.74. The van der Waals surface area contributed by atoms with E-state index in [1.54, 1.807) is 48.5 Å². The van der Waals surface area contributed by atoms with Gasteiger partial charge in [0.15, 0.2) is 0 Å². The van der Waals surface area contributed by atoms with E-state index < -0.39 is 21.7 Å². The van der Waals surface area contributed by atoms with E-state index in [1.165, 1.54) is 32.2 Å². The number of hydrazine groups is 1. The zero-order chi connectivity index (χ0) is 21.0. The maximum absolute atomic E-state index is 14.6. The van der Waals surface area contributed by atoms with Crippen molar-refractivity contribution in [1.29, 1.82) is 0 Å². The third-order valence-electron chi connectivity index (χ3n) is 4.25. The highest BCUT2D eigenvalue weighted by Crippen LogP contribution is 2.27. The number of methoxy groups -OCH3 is 1. The Morgan fingerprint density at radius 3 is 2.38 bits per heavy atom. The van der Waals surface area contributed by atoms with Crippen molar-refractivity contribution < 1.29 is 22.3 Å². The molecule has 0 saturated carbocycles. The van der Waals surface area contributed by atoms with Crippen molar-refractivity contribution in [2.75, 3.05) is 7.11 Å². The molecule has 6 nitrogen and oxygen atoms in total. The molecule has 0 aliphatic rings. The Kier molecular flexibility index (Phi) is 5.95. The van der Waals surface area contributed by atoms with Gasteiger partial charge in [-0.1, -0.05) is 30.3 Å². The summed E-state index contributed by atoms with van der Waals surface area (Å²) in [5, 5.41) is 0. The molecule has 0 saturated heterocycles. The molecule has 0 radical (unpaired) electrons. The number of amides is 1. The van der Waals surface area contributed by atoms with Crippen LogP contribution in [0.1, 0.15) is 15.9 Å². The summed E-state index contributed by atoms with van der Waals surface area (Å²) in [7, 11) is -2.44. The van der Waals surface area contributed by atoms with Gasteiger partial charge in [0.05, 0.1) is 17.6 Å². The molecule has 3 aromatic rings. The van der Waals surface area contributed by atoms with Crippen molar-refractivity contribution in [3.8, 4) is 16.9 Å². The van der Waals surface area contributed by atoms with Crippen LogP contribution in [0.3, 0.4) is 0 Å². The predicted octanol–water partition coefficient (Wildman–Crippen LogP) is 3.43. The van der Waals surface area contributed by atoms with E-state index >= 15 is 0 Å². The van der Waals surface area contributed by atoms with Crippen LogP contribution in [-0.2, 0) is 10.0 Å². The molecule has 0 unspecified atom stereocenters. The number of aryl methyl sites for hydroxylation is 1. The summed E-state index contributed by atoms with van der Waals surface area (Å²) in [4.78, 5) is 14.5. The fourth-order valence-corrected chi connectivity index (χ4v) is 3.60. The first kappa shape index (κ1) is 20.5. The summed E-state index contributed by atoms with van der Waals surface area (Å²) in [6.07, 6.45) is 0. The lowest BCUT2D eigenvalue weighted by atomic mass is 9.99. The number of sulfonamides is 1. The van der Waals surface area contributed by atoms with E-state index in [9.17, 15) is 17.6 Å². The van der Waals surface area contributed by atoms with E-state index in [-0.39, 0.29) is 16.0 Å². The lowest BCUT2D eigenvalue weighted by Gasteiger charge is -2.12. The molecule has 0 aliphatic carbocycles. The third kappa shape index (κ3) is 4.61. The number of carbonyl (C=O) groups excluding carboxylic acids is 1. The van der Waals surface area contributed by atoms with Crippen molar-refractivity contribution in [3.05, 3.63) is 83.7 Å². The molecule has 0 aliphatic heterocycles. The lowest BCUT2D eigenvalue weighted by molar-refractivity contribution is 0.0941. The van der Waals surface area contributed by atoms with Gasteiger partial charge in [-0.15, -0.1) is 4.83 Å². The average molecular weight is 414 g/mol. The van der Waals surface area contributed by atoms with E-state index in [0.29, 0.717) is 11.3 Å². The maximum Gasteiger partial charge on any atom is 0.269 e. The molecule has 0 atom stereocenters. The van der Waals surface area contributed by atoms with Crippen LogP contribution in [0.25, 0.3) is 11.1 Å². The Morgan fingerprint density at radius 1 is 0.966 bits per heavy atom. The third-order valence-corrected chi connectivity index (χ3v) is 5.52. The molecule has 0 spiro atoms. The summed E-state index contributed by atoms with van der Waals surface area (Å²) in [5.74, 6) is -1.02. The summed E-state index contributed by atoms with van der Waals surface area (Å²) in [6, 6.07) is 17.6. The van der Waals surface area contributed by atoms with Gasteiger partial charge in [0.2, 0.25) is 0 Å². The highest BCUT2D eigenvalue weighted by molar-refractivity contribution is 7.89. The molecule has 8 heteroatoms. The Bertz CT molecular complexity index is 1150. The Hall–Kier alpha value is -3.23. The van der Waals surface area contributed by atoms with Gasteiger partial charge in [0, 0.05) is 0 Å². The van der Waals surface area contributed by atoms with Crippen LogP contribution in [0, 0.1) is 12.7 Å². The van der Waals surface area contributed by atoms with Gasteiger partial charge in [-0.05, 0) is 60.0 Å². The van der Waals surface area contributed by atoms with Crippen LogP contribution in [0.4, 0.5) is 4.39 Å². The minimum atomic E-state index is -3.98. The molecule has 0 fully saturated rings. The first-order valence-corrected chi connectivity index (χ1v) is 10.1. The number of hydrogen-bond donors (Lipinski definition) is 2. The quantitative estimate of drug-likeness (QED) is 0.605. The van der Waals surface area contributed by atoms with Crippen LogP contribution in [0.5, 0.6) is 5.75 Å². The Balaban J connectivity index is 1.88. The van der Waals surface area contributed by atoms with Crippen molar-refractivity contribution in [3.63, 3.8) is 0 Å². The number of halogens is 1. The van der Waals surface area contributed by atoms with Crippen molar-refractivity contribution in [1.82, 2.24) is 10.3 Å².